The molecule has 134 valence electrons. The molecule has 1 N–H and O–H groups in total. The van der Waals surface area contributed by atoms with E-state index in [-0.39, 0.29) is 11.1 Å². The fraction of sp³-hybridized carbons (Fsp3) is 0.647. The van der Waals surface area contributed by atoms with Gasteiger partial charge in [-0.3, -0.25) is 0 Å². The normalized spacial score (nSPS) is 35.3. The van der Waals surface area contributed by atoms with Gasteiger partial charge in [0.2, 0.25) is 5.65 Å². The van der Waals surface area contributed by atoms with E-state index in [1.807, 2.05) is 11.7 Å². The maximum atomic E-state index is 4.46. The molecule has 2 unspecified atom stereocenters. The molecule has 26 heavy (non-hydrogen) atoms. The van der Waals surface area contributed by atoms with Crippen LogP contribution in [0.25, 0.3) is 5.65 Å². The van der Waals surface area contributed by atoms with Crippen molar-refractivity contribution in [3.05, 3.63) is 24.4 Å². The number of nitrogens with one attached hydrogen (secondary N) is 1. The highest BCUT2D eigenvalue weighted by atomic mass is 15.6. The Balaban J connectivity index is 1.43. The predicted octanol–water partition coefficient (Wildman–Crippen LogP) is 1.58. The summed E-state index contributed by atoms with van der Waals surface area (Å²) in [7, 11) is 0. The number of anilines is 1. The fourth-order valence-electron chi connectivity index (χ4n) is 6.31. The number of aryl methyl sites for hydroxylation is 1. The van der Waals surface area contributed by atoms with Crippen LogP contribution in [-0.2, 0) is 5.54 Å². The van der Waals surface area contributed by atoms with Crippen molar-refractivity contribution in [3.63, 3.8) is 0 Å². The van der Waals surface area contributed by atoms with E-state index in [1.165, 1.54) is 32.1 Å². The summed E-state index contributed by atoms with van der Waals surface area (Å²) < 4.78 is 1.76. The first-order valence-electron chi connectivity index (χ1n) is 9.33. The van der Waals surface area contributed by atoms with Gasteiger partial charge in [0.05, 0.1) is 16.9 Å². The van der Waals surface area contributed by atoms with E-state index < -0.39 is 0 Å². The Kier molecular flexibility index (Phi) is 2.68. The molecule has 4 saturated carbocycles. The Bertz CT molecular complexity index is 961. The third-order valence-electron chi connectivity index (χ3n) is 6.59. The minimum Gasteiger partial charge on any atom is -0.376 e. The Hall–Kier alpha value is -2.58. The molecule has 0 aromatic carbocycles. The second-order valence-electron chi connectivity index (χ2n) is 8.61. The molecule has 9 nitrogen and oxygen atoms in total. The maximum absolute atomic E-state index is 4.46. The van der Waals surface area contributed by atoms with E-state index in [0.29, 0.717) is 11.8 Å². The molecule has 3 heterocycles. The number of nitrogens with zero attached hydrogens (tertiary/aromatic N) is 8. The molecule has 0 spiro atoms. The molecule has 3 aromatic rings. The van der Waals surface area contributed by atoms with Crippen LogP contribution in [0.15, 0.2) is 18.7 Å². The Labute approximate surface area is 150 Å². The van der Waals surface area contributed by atoms with Gasteiger partial charge in [-0.15, -0.1) is 20.4 Å². The van der Waals surface area contributed by atoms with Crippen LogP contribution in [0, 0.1) is 18.8 Å². The lowest BCUT2D eigenvalue weighted by atomic mass is 9.50. The number of aromatic nitrogens is 8. The average molecular weight is 351 g/mol. The zero-order chi connectivity index (χ0) is 17.4. The topological polar surface area (TPSA) is 98.7 Å². The van der Waals surface area contributed by atoms with E-state index in [4.69, 9.17) is 0 Å². The lowest BCUT2D eigenvalue weighted by Gasteiger charge is -2.61. The van der Waals surface area contributed by atoms with Crippen LogP contribution < -0.4 is 5.32 Å². The molecule has 2 atom stereocenters. The molecule has 4 aliphatic rings. The van der Waals surface area contributed by atoms with Gasteiger partial charge in [0.25, 0.3) is 0 Å². The third-order valence-corrected chi connectivity index (χ3v) is 6.59. The number of hydrogen-bond acceptors (Lipinski definition) is 7. The molecule has 0 radical (unpaired) electrons. The van der Waals surface area contributed by atoms with Crippen molar-refractivity contribution in [3.8, 4) is 0 Å². The standard InChI is InChI=1S/C17H21N9/c1-11-2-14(15-22-19-10-25(15)23-11)21-16-4-12-3-13(5-16)7-17(6-12,8-16)26-20-9-18-24-26/h2,9-10,12-13,21H,3-8H2,1H3. The number of rotatable bonds is 3. The van der Waals surface area contributed by atoms with Gasteiger partial charge in [-0.1, -0.05) is 0 Å². The first-order chi connectivity index (χ1) is 12.6. The van der Waals surface area contributed by atoms with E-state index in [2.05, 4.69) is 42.1 Å². The number of fused-ring (bicyclic) bond motifs is 1. The monoisotopic (exact) mass is 351 g/mol. The first kappa shape index (κ1) is 14.6. The zero-order valence-corrected chi connectivity index (χ0v) is 14.7. The number of tetrazole rings is 1. The zero-order valence-electron chi connectivity index (χ0n) is 14.7. The Morgan fingerprint density at radius 2 is 2.00 bits per heavy atom. The van der Waals surface area contributed by atoms with Gasteiger partial charge in [0.15, 0.2) is 6.33 Å². The number of hydrogen-bond donors (Lipinski definition) is 1. The van der Waals surface area contributed by atoms with Crippen molar-refractivity contribution >= 4 is 11.3 Å². The highest BCUT2D eigenvalue weighted by molar-refractivity contribution is 5.67. The molecule has 4 fully saturated rings. The van der Waals surface area contributed by atoms with Gasteiger partial charge in [0, 0.05) is 5.54 Å². The Morgan fingerprint density at radius 3 is 2.77 bits per heavy atom. The highest BCUT2D eigenvalue weighted by Crippen LogP contribution is 2.60. The van der Waals surface area contributed by atoms with Gasteiger partial charge >= 0.3 is 0 Å². The van der Waals surface area contributed by atoms with Gasteiger partial charge in [0.1, 0.15) is 6.33 Å². The van der Waals surface area contributed by atoms with Crippen LogP contribution >= 0.6 is 0 Å². The molecule has 9 heteroatoms. The Morgan fingerprint density at radius 1 is 1.15 bits per heavy atom. The van der Waals surface area contributed by atoms with Gasteiger partial charge < -0.3 is 5.32 Å². The minimum absolute atomic E-state index is 0.000380. The lowest BCUT2D eigenvalue weighted by molar-refractivity contribution is -0.0632. The van der Waals surface area contributed by atoms with E-state index >= 15 is 0 Å². The predicted molar refractivity (Wildman–Crippen MR) is 92.3 cm³/mol. The van der Waals surface area contributed by atoms with Gasteiger partial charge in [-0.25, -0.2) is 0 Å². The molecular formula is C17H21N9. The van der Waals surface area contributed by atoms with Gasteiger partial charge in [-0.2, -0.15) is 14.4 Å². The molecule has 4 bridgehead atoms. The van der Waals surface area contributed by atoms with Gasteiger partial charge in [-0.05, 0) is 68.6 Å². The maximum Gasteiger partial charge on any atom is 0.200 e. The van der Waals surface area contributed by atoms with Crippen molar-refractivity contribution < 1.29 is 0 Å². The summed E-state index contributed by atoms with van der Waals surface area (Å²) >= 11 is 0. The summed E-state index contributed by atoms with van der Waals surface area (Å²) in [4.78, 5) is 1.89. The van der Waals surface area contributed by atoms with Crippen molar-refractivity contribution in [2.75, 3.05) is 5.32 Å². The molecule has 3 aromatic heterocycles. The summed E-state index contributed by atoms with van der Waals surface area (Å²) in [5.41, 5.74) is 2.83. The van der Waals surface area contributed by atoms with Crippen LogP contribution in [-0.4, -0.2) is 45.6 Å². The van der Waals surface area contributed by atoms with Crippen LogP contribution in [0.2, 0.25) is 0 Å². The molecule has 0 amide bonds. The largest absolute Gasteiger partial charge is 0.376 e. The molecule has 0 aliphatic heterocycles. The highest BCUT2D eigenvalue weighted by Gasteiger charge is 2.59. The summed E-state index contributed by atoms with van der Waals surface area (Å²) in [6, 6.07) is 2.09. The van der Waals surface area contributed by atoms with Crippen molar-refractivity contribution in [2.45, 2.75) is 56.5 Å². The average Bonchev–Trinajstić information content (AvgIpc) is 3.25. The second-order valence-corrected chi connectivity index (χ2v) is 8.61. The SMILES string of the molecule is Cc1cc(NC23CC4CC(C2)CC(n2ncnn2)(C4)C3)c2nncn2n1. The van der Waals surface area contributed by atoms with Crippen molar-refractivity contribution in [1.29, 1.82) is 0 Å². The van der Waals surface area contributed by atoms with Crippen LogP contribution in [0.1, 0.15) is 44.2 Å². The van der Waals surface area contributed by atoms with Crippen LogP contribution in [0.3, 0.4) is 0 Å². The molecule has 0 saturated heterocycles. The smallest absolute Gasteiger partial charge is 0.200 e. The summed E-state index contributed by atoms with van der Waals surface area (Å²) in [5.74, 6) is 1.43. The minimum atomic E-state index is -0.000380. The summed E-state index contributed by atoms with van der Waals surface area (Å²) in [5, 5.41) is 29.4. The van der Waals surface area contributed by atoms with Crippen molar-refractivity contribution in [1.82, 2.24) is 40.0 Å². The van der Waals surface area contributed by atoms with Crippen LogP contribution in [0.5, 0.6) is 0 Å². The van der Waals surface area contributed by atoms with Crippen LogP contribution in [0.4, 0.5) is 5.69 Å². The molecule has 7 rings (SSSR count). The summed E-state index contributed by atoms with van der Waals surface area (Å²) in [6.07, 6.45) is 10.3. The quantitative estimate of drug-likeness (QED) is 0.765. The summed E-state index contributed by atoms with van der Waals surface area (Å²) in [6.45, 7) is 2.01. The van der Waals surface area contributed by atoms with Crippen molar-refractivity contribution in [2.24, 2.45) is 11.8 Å². The molecular weight excluding hydrogens is 330 g/mol. The lowest BCUT2D eigenvalue weighted by Crippen LogP contribution is -2.63. The fourth-order valence-corrected chi connectivity index (χ4v) is 6.31. The molecule has 4 aliphatic carbocycles. The first-order valence-corrected chi connectivity index (χ1v) is 9.33. The van der Waals surface area contributed by atoms with E-state index in [0.717, 1.165) is 23.4 Å². The third kappa shape index (κ3) is 1.96. The second kappa shape index (κ2) is 4.77. The van der Waals surface area contributed by atoms with E-state index in [1.54, 1.807) is 17.2 Å². The van der Waals surface area contributed by atoms with E-state index in [9.17, 15) is 0 Å².